The van der Waals surface area contributed by atoms with Crippen LogP contribution in [0.25, 0.3) is 10.9 Å². The molecule has 168 valence electrons. The van der Waals surface area contributed by atoms with Crippen LogP contribution in [-0.2, 0) is 24.1 Å². The van der Waals surface area contributed by atoms with E-state index < -0.39 is 0 Å². The molecule has 33 heavy (non-hydrogen) atoms. The summed E-state index contributed by atoms with van der Waals surface area (Å²) in [7, 11) is 0. The van der Waals surface area contributed by atoms with Gasteiger partial charge in [0, 0.05) is 40.5 Å². The van der Waals surface area contributed by atoms with E-state index in [1.165, 1.54) is 24.1 Å². The van der Waals surface area contributed by atoms with E-state index in [4.69, 9.17) is 23.4 Å². The minimum absolute atomic E-state index is 0.291. The quantitative estimate of drug-likeness (QED) is 0.285. The van der Waals surface area contributed by atoms with Crippen LogP contribution in [0.4, 0.5) is 21.9 Å². The second-order valence-electron chi connectivity index (χ2n) is 7.89. The largest absolute Gasteiger partial charge is 0.471 e. The molecule has 3 aromatic rings. The second-order valence-corrected chi connectivity index (χ2v) is 8.26. The zero-order valence-corrected chi connectivity index (χ0v) is 19.4. The van der Waals surface area contributed by atoms with Crippen molar-refractivity contribution in [3.8, 4) is 12.3 Å². The Bertz CT molecular complexity index is 1250. The fourth-order valence-electron chi connectivity index (χ4n) is 4.23. The third-order valence-electron chi connectivity index (χ3n) is 5.60. The number of pyridine rings is 1. The van der Waals surface area contributed by atoms with Crippen molar-refractivity contribution in [1.82, 2.24) is 0 Å². The summed E-state index contributed by atoms with van der Waals surface area (Å²) in [5.41, 5.74) is 5.86. The van der Waals surface area contributed by atoms with Crippen LogP contribution in [0.5, 0.6) is 0 Å². The Morgan fingerprint density at radius 1 is 1.06 bits per heavy atom. The molecule has 1 aliphatic rings. The fraction of sp³-hybridized carbons (Fsp3) is 0.269. The third-order valence-corrected chi connectivity index (χ3v) is 5.82. The molecule has 0 unspecified atom stereocenters. The number of benzene rings is 2. The van der Waals surface area contributed by atoms with Crippen LogP contribution in [-0.4, -0.2) is 17.8 Å². The lowest BCUT2D eigenvalue weighted by atomic mass is 9.94. The number of ether oxygens (including phenoxy) is 1. The Kier molecular flexibility index (Phi) is 7.06. The fourth-order valence-corrected chi connectivity index (χ4v) is 4.46. The van der Waals surface area contributed by atoms with Crippen molar-refractivity contribution in [2.24, 2.45) is 0 Å². The Hall–Kier alpha value is -3.63. The van der Waals surface area contributed by atoms with Gasteiger partial charge < -0.3 is 20.7 Å². The molecule has 6 nitrogen and oxygen atoms in total. The van der Waals surface area contributed by atoms with E-state index in [1.54, 1.807) is 6.07 Å². The highest BCUT2D eigenvalue weighted by atomic mass is 32.1. The number of terminal acetylenes is 1. The van der Waals surface area contributed by atoms with Gasteiger partial charge in [0.1, 0.15) is 0 Å². The topological polar surface area (TPSA) is 66.3 Å². The van der Waals surface area contributed by atoms with E-state index in [-0.39, 0.29) is 6.03 Å². The summed E-state index contributed by atoms with van der Waals surface area (Å²) in [4.78, 5) is 12.6. The molecule has 7 heteroatoms. The smallest absolute Gasteiger partial charge is 0.323 e. The average Bonchev–Trinajstić information content (AvgIpc) is 2.79. The van der Waals surface area contributed by atoms with Crippen LogP contribution in [0.2, 0.25) is 0 Å². The molecule has 3 N–H and O–H groups in total. The number of aromatic nitrogens is 1. The van der Waals surface area contributed by atoms with E-state index >= 15 is 0 Å². The highest BCUT2D eigenvalue weighted by Gasteiger charge is 2.23. The van der Waals surface area contributed by atoms with Gasteiger partial charge in [0.25, 0.3) is 5.17 Å². The predicted molar refractivity (Wildman–Crippen MR) is 137 cm³/mol. The van der Waals surface area contributed by atoms with E-state index in [0.29, 0.717) is 24.0 Å². The minimum atomic E-state index is -0.326. The molecule has 0 radical (unpaired) electrons. The molecule has 0 fully saturated rings. The van der Waals surface area contributed by atoms with E-state index in [2.05, 4.69) is 32.5 Å². The number of carbonyl (C=O) groups excluding carboxylic acids is 1. The van der Waals surface area contributed by atoms with Crippen LogP contribution in [0, 0.1) is 12.3 Å². The van der Waals surface area contributed by atoms with Crippen molar-refractivity contribution in [2.75, 3.05) is 22.6 Å². The van der Waals surface area contributed by atoms with Crippen LogP contribution < -0.4 is 20.5 Å². The molecule has 0 saturated carbocycles. The Labute approximate surface area is 199 Å². The van der Waals surface area contributed by atoms with Crippen molar-refractivity contribution in [3.63, 3.8) is 0 Å². The van der Waals surface area contributed by atoms with Gasteiger partial charge in [0.2, 0.25) is 12.1 Å². The molecule has 4 rings (SSSR count). The summed E-state index contributed by atoms with van der Waals surface area (Å²) >= 11 is 5.11. The van der Waals surface area contributed by atoms with Gasteiger partial charge >= 0.3 is 6.03 Å². The lowest BCUT2D eigenvalue weighted by Gasteiger charge is -2.16. The number of carbonyl (C=O) groups is 1. The first kappa shape index (κ1) is 22.6. The zero-order chi connectivity index (χ0) is 23.2. The number of rotatable bonds is 5. The molecule has 2 amide bonds. The molecule has 0 saturated heterocycles. The van der Waals surface area contributed by atoms with E-state index in [9.17, 15) is 4.79 Å². The van der Waals surface area contributed by atoms with Crippen LogP contribution in [0.1, 0.15) is 31.0 Å². The third kappa shape index (κ3) is 5.41. The molecule has 2 aromatic carbocycles. The Morgan fingerprint density at radius 2 is 1.79 bits per heavy atom. The molecule has 1 aliphatic carbocycles. The van der Waals surface area contributed by atoms with Gasteiger partial charge in [-0.1, -0.05) is 6.07 Å². The van der Waals surface area contributed by atoms with Gasteiger partial charge in [-0.3, -0.25) is 0 Å². The van der Waals surface area contributed by atoms with Gasteiger partial charge in [0.15, 0.2) is 5.69 Å². The summed E-state index contributed by atoms with van der Waals surface area (Å²) in [6.45, 7) is 2.90. The van der Waals surface area contributed by atoms with Crippen LogP contribution >= 0.6 is 12.2 Å². The number of urea groups is 1. The summed E-state index contributed by atoms with van der Waals surface area (Å²) in [5, 5.41) is 10.1. The number of nitrogens with zero attached hydrogens (tertiary/aromatic N) is 1. The highest BCUT2D eigenvalue weighted by Crippen LogP contribution is 2.25. The van der Waals surface area contributed by atoms with Gasteiger partial charge in [-0.15, -0.1) is 6.42 Å². The average molecular weight is 460 g/mol. The molecule has 0 spiro atoms. The first-order valence-electron chi connectivity index (χ1n) is 11.1. The van der Waals surface area contributed by atoms with Crippen molar-refractivity contribution in [2.45, 2.75) is 39.2 Å². The van der Waals surface area contributed by atoms with Gasteiger partial charge in [-0.05, 0) is 80.7 Å². The number of nitrogens with one attached hydrogen (secondary N) is 3. The van der Waals surface area contributed by atoms with E-state index in [1.807, 2.05) is 43.3 Å². The predicted octanol–water partition coefficient (Wildman–Crippen LogP) is 5.02. The van der Waals surface area contributed by atoms with Gasteiger partial charge in [-0.2, -0.15) is 4.57 Å². The van der Waals surface area contributed by atoms with Crippen LogP contribution in [0.15, 0.2) is 48.5 Å². The number of hydrogen-bond acceptors (Lipinski definition) is 3. The first-order chi connectivity index (χ1) is 16.1. The van der Waals surface area contributed by atoms with Crippen molar-refractivity contribution in [3.05, 3.63) is 59.8 Å². The van der Waals surface area contributed by atoms with Crippen molar-refractivity contribution in [1.29, 1.82) is 0 Å². The Morgan fingerprint density at radius 3 is 2.55 bits per heavy atom. The molecule has 1 heterocycles. The van der Waals surface area contributed by atoms with Gasteiger partial charge in [-0.25, -0.2) is 4.79 Å². The maximum absolute atomic E-state index is 12.6. The lowest BCUT2D eigenvalue weighted by molar-refractivity contribution is -0.667. The number of fused-ring (bicyclic) bond motifs is 2. The second kappa shape index (κ2) is 10.3. The number of hydrogen-bond donors (Lipinski definition) is 3. The first-order valence-corrected chi connectivity index (χ1v) is 11.5. The number of thiocarbonyl (C=S) groups is 1. The standard InChI is InChI=1S/C26H26N4O2S/c1-3-14-30-23-11-6-5-8-18(23)15-19-16-22(12-13-24(19)30)28-25(31)27-20-9-7-10-21(17-20)29-26(33)32-4-2/h1,7,9-10,12-13,15-17H,4-6,8,11,14H2,2H3,(H2-,27,28,29,31,33)/p+1. The molecule has 0 aliphatic heterocycles. The summed E-state index contributed by atoms with van der Waals surface area (Å²) < 4.78 is 7.48. The Balaban J connectivity index is 1.50. The normalized spacial score (nSPS) is 12.4. The highest BCUT2D eigenvalue weighted by molar-refractivity contribution is 7.80. The minimum Gasteiger partial charge on any atom is -0.471 e. The lowest BCUT2D eigenvalue weighted by Crippen LogP contribution is -2.41. The van der Waals surface area contributed by atoms with E-state index in [0.717, 1.165) is 35.1 Å². The maximum Gasteiger partial charge on any atom is 0.323 e. The summed E-state index contributed by atoms with van der Waals surface area (Å²) in [6.07, 6.45) is 10.2. The molecule has 1 aromatic heterocycles. The number of aryl methyl sites for hydroxylation is 1. The van der Waals surface area contributed by atoms with Crippen LogP contribution in [0.3, 0.4) is 0 Å². The molecular formula is C26H27N4O2S+. The number of amides is 2. The zero-order valence-electron chi connectivity index (χ0n) is 18.6. The summed E-state index contributed by atoms with van der Waals surface area (Å²) in [5.74, 6) is 2.79. The maximum atomic E-state index is 12.6. The number of anilines is 3. The molecular weight excluding hydrogens is 432 g/mol. The monoisotopic (exact) mass is 459 g/mol. The molecule has 0 bridgehead atoms. The van der Waals surface area contributed by atoms with Gasteiger partial charge in [0.05, 0.1) is 6.61 Å². The molecule has 0 atom stereocenters. The SMILES string of the molecule is C#CC[n+]1c2c(cc3cc(NC(=O)Nc4cccc(NC(=S)OCC)c4)ccc31)CCCC2. The summed E-state index contributed by atoms with van der Waals surface area (Å²) in [6, 6.07) is 15.1. The van der Waals surface area contributed by atoms with Crippen molar-refractivity contribution >= 4 is 51.4 Å². The van der Waals surface area contributed by atoms with Crippen molar-refractivity contribution < 1.29 is 14.1 Å².